The van der Waals surface area contributed by atoms with Gasteiger partial charge >= 0.3 is 0 Å². The third-order valence-corrected chi connectivity index (χ3v) is 3.38. The van der Waals surface area contributed by atoms with E-state index < -0.39 is 0 Å². The number of nitrogens with zero attached hydrogens (tertiary/aromatic N) is 2. The van der Waals surface area contributed by atoms with Crippen molar-refractivity contribution in [3.05, 3.63) is 77.9 Å². The third-order valence-electron chi connectivity index (χ3n) is 3.38. The van der Waals surface area contributed by atoms with E-state index in [1.54, 1.807) is 18.2 Å². The molecule has 0 aliphatic rings. The summed E-state index contributed by atoms with van der Waals surface area (Å²) in [7, 11) is 0. The van der Waals surface area contributed by atoms with E-state index in [1.807, 2.05) is 37.3 Å². The van der Waals surface area contributed by atoms with Crippen molar-refractivity contribution in [2.75, 3.05) is 10.6 Å². The number of aryl methyl sites for hydroxylation is 1. The Morgan fingerprint density at radius 2 is 1.78 bits per heavy atom. The van der Waals surface area contributed by atoms with Gasteiger partial charge in [-0.1, -0.05) is 30.3 Å². The summed E-state index contributed by atoms with van der Waals surface area (Å²) in [6, 6.07) is 16.5. The zero-order valence-corrected chi connectivity index (χ0v) is 12.8. The fourth-order valence-electron chi connectivity index (χ4n) is 2.22. The van der Waals surface area contributed by atoms with Crippen molar-refractivity contribution >= 4 is 17.3 Å². The third kappa shape index (κ3) is 4.03. The predicted molar refractivity (Wildman–Crippen MR) is 90.2 cm³/mol. The van der Waals surface area contributed by atoms with Gasteiger partial charge in [0.25, 0.3) is 0 Å². The van der Waals surface area contributed by atoms with Crippen LogP contribution >= 0.6 is 0 Å². The maximum absolute atomic E-state index is 13.6. The Labute approximate surface area is 134 Å². The van der Waals surface area contributed by atoms with Crippen LogP contribution in [0, 0.1) is 12.7 Å². The second-order valence-electron chi connectivity index (χ2n) is 5.23. The zero-order chi connectivity index (χ0) is 16.1. The summed E-state index contributed by atoms with van der Waals surface area (Å²) in [5.74, 6) is 1.09. The van der Waals surface area contributed by atoms with Crippen LogP contribution in [-0.4, -0.2) is 9.97 Å². The van der Waals surface area contributed by atoms with Crippen LogP contribution in [0.3, 0.4) is 0 Å². The number of hydrogen-bond donors (Lipinski definition) is 2. The smallest absolute Gasteiger partial charge is 0.135 e. The number of halogens is 1. The van der Waals surface area contributed by atoms with Gasteiger partial charge in [-0.3, -0.25) is 0 Å². The van der Waals surface area contributed by atoms with Crippen molar-refractivity contribution in [3.8, 4) is 0 Å². The van der Waals surface area contributed by atoms with Crippen LogP contribution in [-0.2, 0) is 6.54 Å². The van der Waals surface area contributed by atoms with Crippen LogP contribution in [0.25, 0.3) is 0 Å². The summed E-state index contributed by atoms with van der Waals surface area (Å²) in [6.07, 6.45) is 1.47. The molecule has 0 bridgehead atoms. The second-order valence-corrected chi connectivity index (χ2v) is 5.23. The first kappa shape index (κ1) is 15.0. The lowest BCUT2D eigenvalue weighted by Crippen LogP contribution is -2.04. The Balaban J connectivity index is 1.69. The molecule has 0 saturated heterocycles. The molecule has 0 aliphatic carbocycles. The van der Waals surface area contributed by atoms with E-state index in [1.165, 1.54) is 18.0 Å². The van der Waals surface area contributed by atoms with Gasteiger partial charge in [0.05, 0.1) is 0 Å². The molecule has 0 saturated carbocycles. The average molecular weight is 308 g/mol. The molecule has 3 aromatic rings. The highest BCUT2D eigenvalue weighted by Gasteiger charge is 2.03. The molecule has 0 atom stereocenters. The van der Waals surface area contributed by atoms with Crippen LogP contribution in [0.5, 0.6) is 0 Å². The lowest BCUT2D eigenvalue weighted by atomic mass is 10.2. The van der Waals surface area contributed by atoms with Crippen molar-refractivity contribution < 1.29 is 4.39 Å². The quantitative estimate of drug-likeness (QED) is 0.738. The van der Waals surface area contributed by atoms with Crippen LogP contribution in [0.4, 0.5) is 21.7 Å². The second kappa shape index (κ2) is 6.87. The first-order chi connectivity index (χ1) is 11.2. The van der Waals surface area contributed by atoms with E-state index in [0.29, 0.717) is 23.7 Å². The molecule has 3 rings (SSSR count). The molecular weight excluding hydrogens is 291 g/mol. The first-order valence-corrected chi connectivity index (χ1v) is 7.34. The summed E-state index contributed by atoms with van der Waals surface area (Å²) in [6.45, 7) is 2.40. The van der Waals surface area contributed by atoms with Gasteiger partial charge in [-0.25, -0.2) is 14.4 Å². The number of anilines is 3. The molecule has 0 spiro atoms. The van der Waals surface area contributed by atoms with Crippen molar-refractivity contribution in [1.82, 2.24) is 9.97 Å². The fraction of sp³-hybridized carbons (Fsp3) is 0.111. The number of nitrogens with one attached hydrogen (secondary N) is 2. The van der Waals surface area contributed by atoms with E-state index in [0.717, 1.165) is 5.69 Å². The highest BCUT2D eigenvalue weighted by molar-refractivity contribution is 5.59. The molecule has 2 aromatic carbocycles. The van der Waals surface area contributed by atoms with E-state index in [2.05, 4.69) is 20.6 Å². The predicted octanol–water partition coefficient (Wildman–Crippen LogP) is 4.28. The van der Waals surface area contributed by atoms with Gasteiger partial charge < -0.3 is 10.6 Å². The minimum absolute atomic E-state index is 0.229. The van der Waals surface area contributed by atoms with Crippen molar-refractivity contribution in [2.24, 2.45) is 0 Å². The molecule has 4 nitrogen and oxygen atoms in total. The fourth-order valence-corrected chi connectivity index (χ4v) is 2.22. The van der Waals surface area contributed by atoms with Gasteiger partial charge in [0.1, 0.15) is 23.8 Å². The molecule has 1 aromatic heterocycles. The van der Waals surface area contributed by atoms with Crippen molar-refractivity contribution in [2.45, 2.75) is 13.5 Å². The number of rotatable bonds is 5. The van der Waals surface area contributed by atoms with E-state index in [-0.39, 0.29) is 5.82 Å². The lowest BCUT2D eigenvalue weighted by molar-refractivity contribution is 0.613. The van der Waals surface area contributed by atoms with Gasteiger partial charge in [-0.2, -0.15) is 0 Å². The topological polar surface area (TPSA) is 49.8 Å². The zero-order valence-electron chi connectivity index (χ0n) is 12.8. The molecule has 0 amide bonds. The molecule has 116 valence electrons. The molecular formula is C18H17FN4. The van der Waals surface area contributed by atoms with Crippen LogP contribution in [0.15, 0.2) is 60.9 Å². The molecule has 5 heteroatoms. The molecule has 0 fully saturated rings. The average Bonchev–Trinajstić information content (AvgIpc) is 2.54. The minimum atomic E-state index is -0.229. The molecule has 0 aliphatic heterocycles. The van der Waals surface area contributed by atoms with E-state index >= 15 is 0 Å². The summed E-state index contributed by atoms with van der Waals surface area (Å²) in [4.78, 5) is 8.36. The Morgan fingerprint density at radius 1 is 0.957 bits per heavy atom. The normalized spacial score (nSPS) is 10.3. The van der Waals surface area contributed by atoms with Crippen molar-refractivity contribution in [3.63, 3.8) is 0 Å². The number of hydrogen-bond acceptors (Lipinski definition) is 4. The molecule has 23 heavy (non-hydrogen) atoms. The highest BCUT2D eigenvalue weighted by Crippen LogP contribution is 2.18. The molecule has 0 unspecified atom stereocenters. The largest absolute Gasteiger partial charge is 0.366 e. The number of benzene rings is 2. The van der Waals surface area contributed by atoms with E-state index in [9.17, 15) is 4.39 Å². The van der Waals surface area contributed by atoms with Gasteiger partial charge in [-0.15, -0.1) is 0 Å². The van der Waals surface area contributed by atoms with Gasteiger partial charge in [0.15, 0.2) is 0 Å². The summed E-state index contributed by atoms with van der Waals surface area (Å²) in [5, 5.41) is 6.34. The Hall–Kier alpha value is -2.95. The highest BCUT2D eigenvalue weighted by atomic mass is 19.1. The van der Waals surface area contributed by atoms with Gasteiger partial charge in [-0.05, 0) is 30.7 Å². The van der Waals surface area contributed by atoms with Crippen LogP contribution in [0.2, 0.25) is 0 Å². The van der Waals surface area contributed by atoms with E-state index in [4.69, 9.17) is 0 Å². The van der Waals surface area contributed by atoms with Gasteiger partial charge in [0.2, 0.25) is 0 Å². The molecule has 0 radical (unpaired) electrons. The van der Waals surface area contributed by atoms with Crippen LogP contribution < -0.4 is 10.6 Å². The monoisotopic (exact) mass is 308 g/mol. The summed E-state index contributed by atoms with van der Waals surface area (Å²) < 4.78 is 13.6. The Kier molecular flexibility index (Phi) is 4.47. The Morgan fingerprint density at radius 3 is 2.61 bits per heavy atom. The lowest BCUT2D eigenvalue weighted by Gasteiger charge is -2.09. The maximum atomic E-state index is 13.6. The Bertz CT molecular complexity index is 804. The van der Waals surface area contributed by atoms with Gasteiger partial charge in [0, 0.05) is 23.9 Å². The SMILES string of the molecule is Cc1cccc(Nc2cc(NCc3ccccc3F)ncn2)c1. The maximum Gasteiger partial charge on any atom is 0.135 e. The first-order valence-electron chi connectivity index (χ1n) is 7.34. The summed E-state index contributed by atoms with van der Waals surface area (Å²) in [5.41, 5.74) is 2.73. The van der Waals surface area contributed by atoms with Crippen molar-refractivity contribution in [1.29, 1.82) is 0 Å². The number of aromatic nitrogens is 2. The molecule has 2 N–H and O–H groups in total. The summed E-state index contributed by atoms with van der Waals surface area (Å²) >= 11 is 0. The molecule has 1 heterocycles. The standard InChI is InChI=1S/C18H17FN4/c1-13-5-4-7-15(9-13)23-18-10-17(21-12-22-18)20-11-14-6-2-3-8-16(14)19/h2-10,12H,11H2,1H3,(H2,20,21,22,23). The van der Waals surface area contributed by atoms with Crippen LogP contribution in [0.1, 0.15) is 11.1 Å². The minimum Gasteiger partial charge on any atom is -0.366 e.